The molecule has 2 rings (SSSR count). The molecule has 16 heavy (non-hydrogen) atoms. The summed E-state index contributed by atoms with van der Waals surface area (Å²) < 4.78 is 18.8. The van der Waals surface area contributed by atoms with Crippen LogP contribution in [0.3, 0.4) is 0 Å². The minimum Gasteiger partial charge on any atom is -0.381 e. The predicted molar refractivity (Wildman–Crippen MR) is 63.4 cm³/mol. The van der Waals surface area contributed by atoms with E-state index in [1.54, 1.807) is 12.1 Å². The van der Waals surface area contributed by atoms with Crippen molar-refractivity contribution in [2.24, 2.45) is 5.92 Å². The summed E-state index contributed by atoms with van der Waals surface area (Å²) in [5, 5.41) is 3.56. The Labute approximate surface area is 99.7 Å². The zero-order chi connectivity index (χ0) is 11.5. The van der Waals surface area contributed by atoms with Gasteiger partial charge in [-0.25, -0.2) is 4.39 Å². The van der Waals surface area contributed by atoms with Crippen LogP contribution in [0.25, 0.3) is 0 Å². The summed E-state index contributed by atoms with van der Waals surface area (Å²) in [6, 6.07) is 4.86. The first kappa shape index (κ1) is 11.7. The Kier molecular flexibility index (Phi) is 3.66. The van der Waals surface area contributed by atoms with Crippen LogP contribution >= 0.6 is 11.6 Å². The van der Waals surface area contributed by atoms with E-state index in [2.05, 4.69) is 5.32 Å². The molecule has 0 spiro atoms. The summed E-state index contributed by atoms with van der Waals surface area (Å²) in [5.41, 5.74) is 0.392. The molecule has 2 nitrogen and oxygen atoms in total. The van der Waals surface area contributed by atoms with E-state index in [9.17, 15) is 4.39 Å². The van der Waals surface area contributed by atoms with Crippen LogP contribution < -0.4 is 5.32 Å². The molecule has 1 saturated heterocycles. The molecule has 1 heterocycles. The lowest BCUT2D eigenvalue weighted by molar-refractivity contribution is 0.183. The number of hydrogen-bond donors (Lipinski definition) is 1. The molecule has 0 saturated carbocycles. The molecule has 0 radical (unpaired) electrons. The maximum absolute atomic E-state index is 13.5. The van der Waals surface area contributed by atoms with E-state index in [1.165, 1.54) is 6.07 Å². The van der Waals surface area contributed by atoms with Crippen LogP contribution in [0.5, 0.6) is 0 Å². The molecule has 0 bridgehead atoms. The highest BCUT2D eigenvalue weighted by molar-refractivity contribution is 6.33. The molecule has 0 amide bonds. The number of ether oxygens (including phenoxy) is 1. The Morgan fingerprint density at radius 1 is 1.56 bits per heavy atom. The fourth-order valence-electron chi connectivity index (χ4n) is 1.93. The van der Waals surface area contributed by atoms with Gasteiger partial charge in [0.25, 0.3) is 0 Å². The Bertz CT molecular complexity index is 346. The Balaban J connectivity index is 2.07. The first-order valence-corrected chi connectivity index (χ1v) is 5.84. The molecule has 2 atom stereocenters. The lowest BCUT2D eigenvalue weighted by Gasteiger charge is -2.21. The molecular formula is C12H15ClFNO. The van der Waals surface area contributed by atoms with Crippen molar-refractivity contribution in [3.63, 3.8) is 0 Å². The van der Waals surface area contributed by atoms with Gasteiger partial charge in [0.05, 0.1) is 17.3 Å². The second-order valence-corrected chi connectivity index (χ2v) is 4.56. The first-order valence-electron chi connectivity index (χ1n) is 5.47. The SMILES string of the molecule is CC(Nc1c(F)cccc1Cl)C1CCOC1. The van der Waals surface area contributed by atoms with E-state index < -0.39 is 0 Å². The van der Waals surface area contributed by atoms with E-state index in [1.807, 2.05) is 6.92 Å². The molecule has 1 aliphatic rings. The van der Waals surface area contributed by atoms with Crippen molar-refractivity contribution in [1.29, 1.82) is 0 Å². The third-order valence-corrected chi connectivity index (χ3v) is 3.32. The highest BCUT2D eigenvalue weighted by Gasteiger charge is 2.23. The highest BCUT2D eigenvalue weighted by atomic mass is 35.5. The summed E-state index contributed by atoms with van der Waals surface area (Å²) >= 11 is 5.95. The van der Waals surface area contributed by atoms with Gasteiger partial charge >= 0.3 is 0 Å². The quantitative estimate of drug-likeness (QED) is 0.880. The number of nitrogens with one attached hydrogen (secondary N) is 1. The number of hydrogen-bond acceptors (Lipinski definition) is 2. The van der Waals surface area contributed by atoms with E-state index in [0.29, 0.717) is 16.6 Å². The molecule has 1 fully saturated rings. The van der Waals surface area contributed by atoms with Gasteiger partial charge in [0, 0.05) is 18.6 Å². The molecule has 88 valence electrons. The summed E-state index contributed by atoms with van der Waals surface area (Å²) in [6.45, 7) is 3.56. The van der Waals surface area contributed by atoms with Crippen LogP contribution in [0.2, 0.25) is 5.02 Å². The van der Waals surface area contributed by atoms with Gasteiger partial charge in [0.1, 0.15) is 5.82 Å². The second kappa shape index (κ2) is 5.02. The third-order valence-electron chi connectivity index (χ3n) is 3.01. The summed E-state index contributed by atoms with van der Waals surface area (Å²) in [4.78, 5) is 0. The van der Waals surface area contributed by atoms with Crippen molar-refractivity contribution < 1.29 is 9.13 Å². The van der Waals surface area contributed by atoms with Crippen LogP contribution in [0.1, 0.15) is 13.3 Å². The Hall–Kier alpha value is -0.800. The van der Waals surface area contributed by atoms with Crippen molar-refractivity contribution in [1.82, 2.24) is 0 Å². The van der Waals surface area contributed by atoms with Crippen LogP contribution in [0.15, 0.2) is 18.2 Å². The van der Waals surface area contributed by atoms with Crippen LogP contribution in [0.4, 0.5) is 10.1 Å². The average molecular weight is 244 g/mol. The molecule has 0 aliphatic carbocycles. The van der Waals surface area contributed by atoms with Crippen LogP contribution in [-0.2, 0) is 4.74 Å². The summed E-state index contributed by atoms with van der Waals surface area (Å²) in [5.74, 6) is 0.119. The van der Waals surface area contributed by atoms with Gasteiger partial charge in [0.2, 0.25) is 0 Å². The largest absolute Gasteiger partial charge is 0.381 e. The van der Waals surface area contributed by atoms with Crippen molar-refractivity contribution in [3.8, 4) is 0 Å². The second-order valence-electron chi connectivity index (χ2n) is 4.15. The van der Waals surface area contributed by atoms with Crippen molar-refractivity contribution in [2.45, 2.75) is 19.4 Å². The molecule has 1 aromatic rings. The van der Waals surface area contributed by atoms with Crippen LogP contribution in [-0.4, -0.2) is 19.3 Å². The number of halogens is 2. The monoisotopic (exact) mass is 243 g/mol. The highest BCUT2D eigenvalue weighted by Crippen LogP contribution is 2.27. The standard InChI is InChI=1S/C12H15ClFNO/c1-8(9-5-6-16-7-9)15-12-10(13)3-2-4-11(12)14/h2-4,8-9,15H,5-7H2,1H3. The van der Waals surface area contributed by atoms with Crippen molar-refractivity contribution >= 4 is 17.3 Å². The normalized spacial score (nSPS) is 22.1. The predicted octanol–water partition coefficient (Wildman–Crippen LogP) is 3.32. The maximum atomic E-state index is 13.5. The van der Waals surface area contributed by atoms with Gasteiger partial charge in [-0.15, -0.1) is 0 Å². The lowest BCUT2D eigenvalue weighted by atomic mass is 10.0. The van der Waals surface area contributed by atoms with Gasteiger partial charge in [-0.3, -0.25) is 0 Å². The molecule has 1 aromatic carbocycles. The number of anilines is 1. The molecule has 1 aliphatic heterocycles. The van der Waals surface area contributed by atoms with Gasteiger partial charge in [-0.1, -0.05) is 17.7 Å². The fraction of sp³-hybridized carbons (Fsp3) is 0.500. The van der Waals surface area contributed by atoms with E-state index in [0.717, 1.165) is 19.6 Å². The minimum absolute atomic E-state index is 0.164. The van der Waals surface area contributed by atoms with Crippen molar-refractivity contribution in [2.75, 3.05) is 18.5 Å². The Morgan fingerprint density at radius 2 is 2.38 bits per heavy atom. The van der Waals surface area contributed by atoms with Gasteiger partial charge in [-0.2, -0.15) is 0 Å². The number of para-hydroxylation sites is 1. The number of rotatable bonds is 3. The molecule has 0 aromatic heterocycles. The lowest BCUT2D eigenvalue weighted by Crippen LogP contribution is -2.26. The Morgan fingerprint density at radius 3 is 3.00 bits per heavy atom. The molecule has 1 N–H and O–H groups in total. The zero-order valence-corrected chi connectivity index (χ0v) is 9.93. The summed E-state index contributed by atoms with van der Waals surface area (Å²) in [6.07, 6.45) is 1.01. The van der Waals surface area contributed by atoms with E-state index in [4.69, 9.17) is 16.3 Å². The van der Waals surface area contributed by atoms with Gasteiger partial charge in [0.15, 0.2) is 0 Å². The fourth-order valence-corrected chi connectivity index (χ4v) is 2.15. The van der Waals surface area contributed by atoms with Gasteiger partial charge in [-0.05, 0) is 25.5 Å². The maximum Gasteiger partial charge on any atom is 0.147 e. The average Bonchev–Trinajstić information content (AvgIpc) is 2.76. The van der Waals surface area contributed by atoms with Crippen LogP contribution in [0, 0.1) is 11.7 Å². The third kappa shape index (κ3) is 2.47. The smallest absolute Gasteiger partial charge is 0.147 e. The van der Waals surface area contributed by atoms with E-state index in [-0.39, 0.29) is 11.9 Å². The zero-order valence-electron chi connectivity index (χ0n) is 9.17. The summed E-state index contributed by atoms with van der Waals surface area (Å²) in [7, 11) is 0. The minimum atomic E-state index is -0.307. The number of benzene rings is 1. The molecular weight excluding hydrogens is 229 g/mol. The topological polar surface area (TPSA) is 21.3 Å². The van der Waals surface area contributed by atoms with E-state index >= 15 is 0 Å². The molecule has 2 unspecified atom stereocenters. The van der Waals surface area contributed by atoms with Crippen molar-refractivity contribution in [3.05, 3.63) is 29.0 Å². The van der Waals surface area contributed by atoms with Gasteiger partial charge < -0.3 is 10.1 Å². The molecule has 4 heteroatoms. The first-order chi connectivity index (χ1) is 7.68.